The fourth-order valence-electron chi connectivity index (χ4n) is 3.38. The summed E-state index contributed by atoms with van der Waals surface area (Å²) in [6.07, 6.45) is 0.0700. The van der Waals surface area contributed by atoms with Crippen LogP contribution in [0, 0.1) is 5.82 Å². The molecule has 2 fully saturated rings. The van der Waals surface area contributed by atoms with Crippen LogP contribution in [0.25, 0.3) is 0 Å². The second-order valence-corrected chi connectivity index (χ2v) is 9.96. The Bertz CT molecular complexity index is 991. The van der Waals surface area contributed by atoms with Gasteiger partial charge in [0.15, 0.2) is 15.0 Å². The highest BCUT2D eigenvalue weighted by Crippen LogP contribution is 2.40. The second-order valence-electron chi connectivity index (χ2n) is 6.60. The molecule has 8 heteroatoms. The molecule has 2 aliphatic rings. The summed E-state index contributed by atoms with van der Waals surface area (Å²) in [6, 6.07) is 14.9. The molecule has 0 bridgehead atoms. The quantitative estimate of drug-likeness (QED) is 0.787. The van der Waals surface area contributed by atoms with E-state index in [1.165, 1.54) is 23.9 Å². The van der Waals surface area contributed by atoms with Crippen molar-refractivity contribution in [3.63, 3.8) is 0 Å². The number of hydrogen-bond acceptors (Lipinski definition) is 4. The molecule has 0 radical (unpaired) electrons. The summed E-state index contributed by atoms with van der Waals surface area (Å²) in [4.78, 5) is 18.6. The van der Waals surface area contributed by atoms with Crippen molar-refractivity contribution in [1.82, 2.24) is 0 Å². The zero-order valence-corrected chi connectivity index (χ0v) is 15.9. The molecule has 140 valence electrons. The van der Waals surface area contributed by atoms with Crippen molar-refractivity contribution in [3.05, 3.63) is 66.0 Å². The highest BCUT2D eigenvalue weighted by molar-refractivity contribution is 8.16. The van der Waals surface area contributed by atoms with E-state index in [0.717, 1.165) is 5.69 Å². The number of carbonyl (C=O) groups is 1. The summed E-state index contributed by atoms with van der Waals surface area (Å²) in [5, 5.41) is 0.394. The summed E-state index contributed by atoms with van der Waals surface area (Å²) < 4.78 is 37.1. The Balaban J connectivity index is 1.61. The predicted octanol–water partition coefficient (Wildman–Crippen LogP) is 2.67. The Morgan fingerprint density at radius 3 is 2.52 bits per heavy atom. The van der Waals surface area contributed by atoms with Crippen molar-refractivity contribution in [2.75, 3.05) is 16.4 Å². The van der Waals surface area contributed by atoms with E-state index in [-0.39, 0.29) is 40.9 Å². The number of amidine groups is 1. The Hall–Kier alpha value is -2.19. The fourth-order valence-corrected chi connectivity index (χ4v) is 7.31. The van der Waals surface area contributed by atoms with Gasteiger partial charge in [-0.2, -0.15) is 4.99 Å². The lowest BCUT2D eigenvalue weighted by atomic mass is 10.1. The molecular weight excluding hydrogens is 387 g/mol. The van der Waals surface area contributed by atoms with E-state index in [2.05, 4.69) is 4.99 Å². The number of anilines is 1. The lowest BCUT2D eigenvalue weighted by molar-refractivity contribution is -0.117. The number of nitrogens with zero attached hydrogens (tertiary/aromatic N) is 2. The SMILES string of the molecule is O=C(Cc1ccc(F)cc1)N=C1S[C@H]2CS(=O)(=O)C[C@@H]2N1c1ccccc1. The lowest BCUT2D eigenvalue weighted by Crippen LogP contribution is -2.37. The van der Waals surface area contributed by atoms with Gasteiger partial charge in [-0.15, -0.1) is 0 Å². The molecule has 0 aromatic heterocycles. The van der Waals surface area contributed by atoms with Gasteiger partial charge in [-0.3, -0.25) is 4.79 Å². The number of hydrogen-bond donors (Lipinski definition) is 0. The molecule has 2 heterocycles. The summed E-state index contributed by atoms with van der Waals surface area (Å²) in [5.74, 6) is -0.539. The van der Waals surface area contributed by atoms with Gasteiger partial charge < -0.3 is 4.90 Å². The third-order valence-corrected chi connectivity index (χ3v) is 7.80. The number of halogens is 1. The van der Waals surface area contributed by atoms with E-state index in [4.69, 9.17) is 0 Å². The van der Waals surface area contributed by atoms with Crippen molar-refractivity contribution in [2.24, 2.45) is 4.99 Å². The highest BCUT2D eigenvalue weighted by Gasteiger charge is 2.49. The number of aliphatic imine (C=N–C) groups is 1. The molecule has 5 nitrogen and oxygen atoms in total. The van der Waals surface area contributed by atoms with Gasteiger partial charge in [-0.05, 0) is 29.8 Å². The first kappa shape index (κ1) is 18.2. The van der Waals surface area contributed by atoms with Crippen LogP contribution in [0.3, 0.4) is 0 Å². The van der Waals surface area contributed by atoms with Crippen LogP contribution in [0.4, 0.5) is 10.1 Å². The minimum Gasteiger partial charge on any atom is -0.316 e. The Labute approximate surface area is 161 Å². The monoisotopic (exact) mass is 404 g/mol. The van der Waals surface area contributed by atoms with E-state index < -0.39 is 9.84 Å². The lowest BCUT2D eigenvalue weighted by Gasteiger charge is -2.24. The standard InChI is InChI=1S/C19H17FN2O3S2/c20-14-8-6-13(7-9-14)10-18(23)21-19-22(15-4-2-1-3-5-15)16-11-27(24,25)12-17(16)26-19/h1-9,16-17H,10-12H2/t16-,17-/m0/s1. The van der Waals surface area contributed by atoms with Gasteiger partial charge in [0.05, 0.1) is 24.0 Å². The number of amides is 1. The highest BCUT2D eigenvalue weighted by atomic mass is 32.2. The van der Waals surface area contributed by atoms with Gasteiger partial charge in [-0.25, -0.2) is 12.8 Å². The van der Waals surface area contributed by atoms with Crippen LogP contribution in [0.5, 0.6) is 0 Å². The van der Waals surface area contributed by atoms with Crippen molar-refractivity contribution in [1.29, 1.82) is 0 Å². The third kappa shape index (κ3) is 3.91. The molecule has 0 aliphatic carbocycles. The zero-order chi connectivity index (χ0) is 19.0. The van der Waals surface area contributed by atoms with Crippen LogP contribution in [-0.4, -0.2) is 42.3 Å². The third-order valence-electron chi connectivity index (χ3n) is 4.59. The van der Waals surface area contributed by atoms with Crippen molar-refractivity contribution >= 4 is 38.4 Å². The van der Waals surface area contributed by atoms with E-state index >= 15 is 0 Å². The summed E-state index contributed by atoms with van der Waals surface area (Å²) >= 11 is 1.34. The van der Waals surface area contributed by atoms with Crippen LogP contribution < -0.4 is 4.90 Å². The maximum absolute atomic E-state index is 13.0. The minimum atomic E-state index is -3.09. The average molecular weight is 404 g/mol. The minimum absolute atomic E-state index is 0.0603. The first-order valence-corrected chi connectivity index (χ1v) is 11.2. The smallest absolute Gasteiger partial charge is 0.252 e. The number of carbonyl (C=O) groups excluding carboxylic acids is 1. The molecule has 0 saturated carbocycles. The van der Waals surface area contributed by atoms with Crippen LogP contribution >= 0.6 is 11.8 Å². The normalized spacial score (nSPS) is 24.9. The largest absolute Gasteiger partial charge is 0.316 e. The Morgan fingerprint density at radius 1 is 1.11 bits per heavy atom. The molecule has 2 aliphatic heterocycles. The van der Waals surface area contributed by atoms with E-state index in [1.807, 2.05) is 35.2 Å². The van der Waals surface area contributed by atoms with Crippen LogP contribution in [-0.2, 0) is 21.1 Å². The van der Waals surface area contributed by atoms with Gasteiger partial charge in [0.2, 0.25) is 0 Å². The first-order chi connectivity index (χ1) is 12.9. The molecule has 0 spiro atoms. The molecule has 2 aromatic carbocycles. The maximum Gasteiger partial charge on any atom is 0.252 e. The molecule has 4 rings (SSSR count). The number of sulfone groups is 1. The summed E-state index contributed by atoms with van der Waals surface area (Å²) in [5.41, 5.74) is 1.51. The number of benzene rings is 2. The topological polar surface area (TPSA) is 66.8 Å². The maximum atomic E-state index is 13.0. The van der Waals surface area contributed by atoms with Gasteiger partial charge in [0.1, 0.15) is 5.82 Å². The molecule has 0 N–H and O–H groups in total. The second kappa shape index (κ2) is 7.09. The van der Waals surface area contributed by atoms with Gasteiger partial charge >= 0.3 is 0 Å². The predicted molar refractivity (Wildman–Crippen MR) is 105 cm³/mol. The number of fused-ring (bicyclic) bond motifs is 1. The van der Waals surface area contributed by atoms with Crippen molar-refractivity contribution < 1.29 is 17.6 Å². The van der Waals surface area contributed by atoms with E-state index in [0.29, 0.717) is 10.7 Å². The molecular formula is C19H17FN2O3S2. The van der Waals surface area contributed by atoms with Crippen LogP contribution in [0.1, 0.15) is 5.56 Å². The zero-order valence-electron chi connectivity index (χ0n) is 14.3. The van der Waals surface area contributed by atoms with E-state index in [9.17, 15) is 17.6 Å². The number of rotatable bonds is 3. The number of thioether (sulfide) groups is 1. The van der Waals surface area contributed by atoms with Crippen molar-refractivity contribution in [3.8, 4) is 0 Å². The average Bonchev–Trinajstić information content (AvgIpc) is 3.08. The Kier molecular flexibility index (Phi) is 4.77. The molecule has 2 atom stereocenters. The van der Waals surface area contributed by atoms with Gasteiger partial charge in [0.25, 0.3) is 5.91 Å². The van der Waals surface area contributed by atoms with E-state index in [1.54, 1.807) is 12.1 Å². The van der Waals surface area contributed by atoms with Crippen LogP contribution in [0.2, 0.25) is 0 Å². The molecule has 2 aromatic rings. The Morgan fingerprint density at radius 2 is 1.81 bits per heavy atom. The first-order valence-electron chi connectivity index (χ1n) is 8.49. The summed E-state index contributed by atoms with van der Waals surface area (Å²) in [7, 11) is -3.09. The van der Waals surface area contributed by atoms with Crippen LogP contribution in [0.15, 0.2) is 59.6 Å². The number of para-hydroxylation sites is 1. The molecule has 0 unspecified atom stereocenters. The fraction of sp³-hybridized carbons (Fsp3) is 0.263. The molecule has 2 saturated heterocycles. The van der Waals surface area contributed by atoms with Crippen molar-refractivity contribution in [2.45, 2.75) is 17.7 Å². The summed E-state index contributed by atoms with van der Waals surface area (Å²) in [6.45, 7) is 0. The molecule has 1 amide bonds. The van der Waals surface area contributed by atoms with Gasteiger partial charge in [0, 0.05) is 10.9 Å². The molecule has 27 heavy (non-hydrogen) atoms. The van der Waals surface area contributed by atoms with Gasteiger partial charge in [-0.1, -0.05) is 42.1 Å².